The zero-order valence-electron chi connectivity index (χ0n) is 8.43. The number of hydrogen-bond donors (Lipinski definition) is 2. The van der Waals surface area contributed by atoms with Crippen molar-refractivity contribution in [1.29, 1.82) is 0 Å². The Morgan fingerprint density at radius 3 is 2.80 bits per heavy atom. The van der Waals surface area contributed by atoms with Crippen molar-refractivity contribution < 1.29 is 13.3 Å². The Bertz CT molecular complexity index is 417. The molecule has 0 amide bonds. The summed E-state index contributed by atoms with van der Waals surface area (Å²) in [5, 5.41) is 0. The van der Waals surface area contributed by atoms with Gasteiger partial charge in [0.2, 0.25) is 10.0 Å². The Hall–Kier alpha value is -1.11. The average Bonchev–Trinajstić information content (AvgIpc) is 2.12. The second-order valence-electron chi connectivity index (χ2n) is 3.20. The molecule has 0 aliphatic rings. The predicted molar refractivity (Wildman–Crippen MR) is 58.8 cm³/mol. The smallest absolute Gasteiger partial charge is 0.229 e. The zero-order chi connectivity index (χ0) is 11.3. The van der Waals surface area contributed by atoms with Gasteiger partial charge in [0.25, 0.3) is 0 Å². The second kappa shape index (κ2) is 5.11. The lowest BCUT2D eigenvalue weighted by Gasteiger charge is -2.05. The van der Waals surface area contributed by atoms with Gasteiger partial charge >= 0.3 is 0 Å². The molecule has 0 radical (unpaired) electrons. The van der Waals surface area contributed by atoms with Gasteiger partial charge in [0.1, 0.15) is 0 Å². The van der Waals surface area contributed by atoms with E-state index in [1.54, 1.807) is 18.2 Å². The fraction of sp³-hybridized carbons (Fsp3) is 0.333. The Morgan fingerprint density at radius 2 is 2.20 bits per heavy atom. The van der Waals surface area contributed by atoms with E-state index in [4.69, 9.17) is 5.90 Å². The van der Waals surface area contributed by atoms with Gasteiger partial charge in [0, 0.05) is 5.69 Å². The minimum Gasteiger partial charge on any atom is -0.304 e. The fourth-order valence-electron chi connectivity index (χ4n) is 1.18. The highest BCUT2D eigenvalue weighted by molar-refractivity contribution is 7.92. The van der Waals surface area contributed by atoms with Crippen LogP contribution in [0.15, 0.2) is 24.3 Å². The van der Waals surface area contributed by atoms with E-state index in [0.29, 0.717) is 18.7 Å². The van der Waals surface area contributed by atoms with Crippen molar-refractivity contribution >= 4 is 15.7 Å². The summed E-state index contributed by atoms with van der Waals surface area (Å²) in [5.41, 5.74) is 1.51. The first kappa shape index (κ1) is 12.0. The lowest BCUT2D eigenvalue weighted by molar-refractivity contribution is 0.141. The molecule has 0 fully saturated rings. The van der Waals surface area contributed by atoms with E-state index in [1.807, 2.05) is 6.07 Å². The Morgan fingerprint density at radius 1 is 1.47 bits per heavy atom. The summed E-state index contributed by atoms with van der Waals surface area (Å²) in [6.45, 7) is 0.405. The van der Waals surface area contributed by atoms with Gasteiger partial charge in [0.15, 0.2) is 0 Å². The first-order chi connectivity index (χ1) is 7.01. The van der Waals surface area contributed by atoms with Crippen molar-refractivity contribution in [3.05, 3.63) is 29.8 Å². The summed E-state index contributed by atoms with van der Waals surface area (Å²) < 4.78 is 24.3. The predicted octanol–water partition coefficient (Wildman–Crippen LogP) is 0.491. The molecule has 15 heavy (non-hydrogen) atoms. The summed E-state index contributed by atoms with van der Waals surface area (Å²) in [7, 11) is -3.22. The normalized spacial score (nSPS) is 11.3. The number of nitrogens with one attached hydrogen (secondary N) is 1. The number of nitrogens with two attached hydrogens (primary N) is 1. The van der Waals surface area contributed by atoms with Crippen LogP contribution in [0.1, 0.15) is 5.56 Å². The molecule has 0 unspecified atom stereocenters. The quantitative estimate of drug-likeness (QED) is 0.721. The van der Waals surface area contributed by atoms with Gasteiger partial charge in [-0.1, -0.05) is 12.1 Å². The highest BCUT2D eigenvalue weighted by atomic mass is 32.2. The minimum atomic E-state index is -3.22. The van der Waals surface area contributed by atoms with E-state index in [0.717, 1.165) is 11.8 Å². The molecule has 0 heterocycles. The SMILES string of the molecule is CS(=O)(=O)Nc1cccc(CCON)c1. The molecule has 0 aliphatic heterocycles. The molecule has 0 bridgehead atoms. The molecule has 0 spiro atoms. The van der Waals surface area contributed by atoms with Crippen LogP contribution in [0.25, 0.3) is 0 Å². The van der Waals surface area contributed by atoms with Gasteiger partial charge in [0.05, 0.1) is 12.9 Å². The maximum atomic E-state index is 11.0. The minimum absolute atomic E-state index is 0.405. The van der Waals surface area contributed by atoms with Crippen molar-refractivity contribution in [2.45, 2.75) is 6.42 Å². The monoisotopic (exact) mass is 230 g/mol. The molecule has 6 heteroatoms. The third-order valence-corrected chi connectivity index (χ3v) is 2.35. The van der Waals surface area contributed by atoms with E-state index in [9.17, 15) is 8.42 Å². The zero-order valence-corrected chi connectivity index (χ0v) is 9.25. The fourth-order valence-corrected chi connectivity index (χ4v) is 1.74. The largest absolute Gasteiger partial charge is 0.304 e. The van der Waals surface area contributed by atoms with Gasteiger partial charge in [-0.3, -0.25) is 4.72 Å². The molecule has 0 aromatic heterocycles. The number of rotatable bonds is 5. The summed E-state index contributed by atoms with van der Waals surface area (Å²) >= 11 is 0. The maximum Gasteiger partial charge on any atom is 0.229 e. The highest BCUT2D eigenvalue weighted by Crippen LogP contribution is 2.12. The molecule has 1 rings (SSSR count). The number of hydrogen-bond acceptors (Lipinski definition) is 4. The summed E-state index contributed by atoms with van der Waals surface area (Å²) in [6, 6.07) is 7.10. The van der Waals surface area contributed by atoms with Crippen molar-refractivity contribution in [1.82, 2.24) is 0 Å². The average molecular weight is 230 g/mol. The van der Waals surface area contributed by atoms with Crippen molar-refractivity contribution in [2.75, 3.05) is 17.6 Å². The number of sulfonamides is 1. The molecule has 5 nitrogen and oxygen atoms in total. The first-order valence-corrected chi connectivity index (χ1v) is 6.29. The molecule has 3 N–H and O–H groups in total. The molecule has 84 valence electrons. The molecule has 0 saturated carbocycles. The van der Waals surface area contributed by atoms with E-state index >= 15 is 0 Å². The molecular weight excluding hydrogens is 216 g/mol. The van der Waals surface area contributed by atoms with E-state index < -0.39 is 10.0 Å². The van der Waals surface area contributed by atoms with Gasteiger partial charge in [-0.2, -0.15) is 0 Å². The van der Waals surface area contributed by atoms with Crippen molar-refractivity contribution in [3.63, 3.8) is 0 Å². The third-order valence-electron chi connectivity index (χ3n) is 1.74. The van der Waals surface area contributed by atoms with Crippen molar-refractivity contribution in [2.24, 2.45) is 5.90 Å². The van der Waals surface area contributed by atoms with E-state index in [-0.39, 0.29) is 0 Å². The number of benzene rings is 1. The summed E-state index contributed by atoms with van der Waals surface area (Å²) in [6.07, 6.45) is 1.76. The van der Waals surface area contributed by atoms with Crippen LogP contribution in [0, 0.1) is 0 Å². The number of anilines is 1. The second-order valence-corrected chi connectivity index (χ2v) is 4.94. The molecule has 1 aromatic carbocycles. The van der Waals surface area contributed by atoms with Crippen LogP contribution in [0.4, 0.5) is 5.69 Å². The van der Waals surface area contributed by atoms with Gasteiger partial charge in [-0.15, -0.1) is 0 Å². The van der Waals surface area contributed by atoms with Gasteiger partial charge in [-0.05, 0) is 24.1 Å². The Balaban J connectivity index is 2.74. The van der Waals surface area contributed by atoms with Crippen LogP contribution in [0.5, 0.6) is 0 Å². The molecule has 1 aromatic rings. The Labute approximate surface area is 89.2 Å². The lowest BCUT2D eigenvalue weighted by atomic mass is 10.1. The third kappa shape index (κ3) is 4.78. The highest BCUT2D eigenvalue weighted by Gasteiger charge is 2.02. The molecular formula is C9H14N2O3S. The summed E-state index contributed by atoms with van der Waals surface area (Å²) in [5.74, 6) is 4.90. The van der Waals surface area contributed by atoms with Crippen LogP contribution in [0.2, 0.25) is 0 Å². The molecule has 0 aliphatic carbocycles. The van der Waals surface area contributed by atoms with Crippen LogP contribution in [-0.2, 0) is 21.3 Å². The van der Waals surface area contributed by atoms with Crippen LogP contribution in [0.3, 0.4) is 0 Å². The van der Waals surface area contributed by atoms with E-state index in [1.165, 1.54) is 0 Å². The van der Waals surface area contributed by atoms with E-state index in [2.05, 4.69) is 9.56 Å². The van der Waals surface area contributed by atoms with Crippen molar-refractivity contribution in [3.8, 4) is 0 Å². The van der Waals surface area contributed by atoms with Crippen LogP contribution in [-0.4, -0.2) is 21.3 Å². The van der Waals surface area contributed by atoms with Gasteiger partial charge < -0.3 is 4.84 Å². The maximum absolute atomic E-state index is 11.0. The summed E-state index contributed by atoms with van der Waals surface area (Å²) in [4.78, 5) is 4.45. The van der Waals surface area contributed by atoms with Crippen LogP contribution >= 0.6 is 0 Å². The molecule has 0 saturated heterocycles. The lowest BCUT2D eigenvalue weighted by Crippen LogP contribution is -2.10. The Kier molecular flexibility index (Phi) is 4.07. The first-order valence-electron chi connectivity index (χ1n) is 4.40. The topological polar surface area (TPSA) is 81.4 Å². The molecule has 0 atom stereocenters. The standard InChI is InChI=1S/C9H14N2O3S/c1-15(12,13)11-9-4-2-3-8(7-9)5-6-14-10/h2-4,7,11H,5-6,10H2,1H3. The van der Waals surface area contributed by atoms with Gasteiger partial charge in [-0.25, -0.2) is 14.3 Å². The van der Waals surface area contributed by atoms with Crippen LogP contribution < -0.4 is 10.6 Å².